The molecule has 2 aromatic heterocycles. The summed E-state index contributed by atoms with van der Waals surface area (Å²) in [5, 5.41) is 8.08. The molecule has 1 amide bonds. The molecule has 1 aliphatic rings. The Balaban J connectivity index is 1.34. The Hall–Kier alpha value is -2.99. The second-order valence-corrected chi connectivity index (χ2v) is 7.26. The Labute approximate surface area is 165 Å². The largest absolute Gasteiger partial charge is 0.338 e. The van der Waals surface area contributed by atoms with Gasteiger partial charge in [-0.1, -0.05) is 24.3 Å². The molecule has 0 unspecified atom stereocenters. The third-order valence-corrected chi connectivity index (χ3v) is 5.05. The third-order valence-electron chi connectivity index (χ3n) is 5.05. The van der Waals surface area contributed by atoms with Gasteiger partial charge in [0, 0.05) is 69.4 Å². The highest BCUT2D eigenvalue weighted by Gasteiger charge is 2.19. The van der Waals surface area contributed by atoms with Crippen molar-refractivity contribution in [2.75, 3.05) is 6.54 Å². The summed E-state index contributed by atoms with van der Waals surface area (Å²) in [6, 6.07) is 12.5. The van der Waals surface area contributed by atoms with Crippen LogP contribution < -0.4 is 5.32 Å². The number of nitrogens with one attached hydrogen (secondary N) is 1. The summed E-state index contributed by atoms with van der Waals surface area (Å²) in [6.07, 6.45) is 7.34. The Morgan fingerprint density at radius 2 is 1.93 bits per heavy atom. The van der Waals surface area contributed by atoms with Gasteiger partial charge in [-0.2, -0.15) is 5.10 Å². The van der Waals surface area contributed by atoms with Gasteiger partial charge in [0.05, 0.1) is 5.69 Å². The third kappa shape index (κ3) is 4.28. The highest BCUT2D eigenvalue weighted by Crippen LogP contribution is 2.21. The minimum atomic E-state index is 0.270. The van der Waals surface area contributed by atoms with Crippen molar-refractivity contribution in [1.82, 2.24) is 25.0 Å². The van der Waals surface area contributed by atoms with Crippen LogP contribution in [-0.2, 0) is 31.5 Å². The average molecular weight is 375 g/mol. The molecule has 0 spiro atoms. The van der Waals surface area contributed by atoms with Gasteiger partial charge in [-0.05, 0) is 29.7 Å². The number of nitrogens with zero attached hydrogens (tertiary/aromatic N) is 4. The summed E-state index contributed by atoms with van der Waals surface area (Å²) in [4.78, 5) is 17.9. The van der Waals surface area contributed by atoms with Crippen LogP contribution >= 0.6 is 0 Å². The average Bonchev–Trinajstić information content (AvgIpc) is 3.29. The van der Waals surface area contributed by atoms with Crippen LogP contribution in [0.2, 0.25) is 0 Å². The van der Waals surface area contributed by atoms with Crippen LogP contribution in [0.3, 0.4) is 0 Å². The quantitative estimate of drug-likeness (QED) is 0.690. The van der Waals surface area contributed by atoms with Crippen molar-refractivity contribution in [3.63, 3.8) is 0 Å². The maximum atomic E-state index is 11.8. The fraction of sp³-hybridized carbons (Fsp3) is 0.318. The predicted molar refractivity (Wildman–Crippen MR) is 108 cm³/mol. The van der Waals surface area contributed by atoms with Gasteiger partial charge in [-0.3, -0.25) is 14.5 Å². The van der Waals surface area contributed by atoms with Crippen LogP contribution in [-0.4, -0.2) is 32.1 Å². The van der Waals surface area contributed by atoms with Gasteiger partial charge in [-0.25, -0.2) is 0 Å². The second-order valence-electron chi connectivity index (χ2n) is 7.26. The molecule has 1 saturated heterocycles. The van der Waals surface area contributed by atoms with E-state index < -0.39 is 0 Å². The lowest BCUT2D eigenvalue weighted by Gasteiger charge is -2.15. The first-order valence-corrected chi connectivity index (χ1v) is 9.68. The molecule has 144 valence electrons. The Kier molecular flexibility index (Phi) is 5.48. The minimum absolute atomic E-state index is 0.270. The number of amides is 1. The van der Waals surface area contributed by atoms with Crippen molar-refractivity contribution in [1.29, 1.82) is 0 Å². The van der Waals surface area contributed by atoms with Gasteiger partial charge in [0.15, 0.2) is 0 Å². The molecule has 6 nitrogen and oxygen atoms in total. The van der Waals surface area contributed by atoms with Crippen LogP contribution in [0.4, 0.5) is 0 Å². The molecule has 1 aromatic carbocycles. The van der Waals surface area contributed by atoms with Crippen LogP contribution in [0.1, 0.15) is 29.5 Å². The first-order chi connectivity index (χ1) is 13.7. The fourth-order valence-electron chi connectivity index (χ4n) is 3.61. The molecule has 1 fully saturated rings. The number of benzene rings is 1. The molecule has 1 N–H and O–H groups in total. The van der Waals surface area contributed by atoms with Gasteiger partial charge >= 0.3 is 0 Å². The second kappa shape index (κ2) is 8.35. The number of hydrogen-bond acceptors (Lipinski definition) is 4. The number of rotatable bonds is 7. The zero-order valence-corrected chi connectivity index (χ0v) is 16.1. The zero-order valence-electron chi connectivity index (χ0n) is 16.1. The van der Waals surface area contributed by atoms with Gasteiger partial charge in [0.2, 0.25) is 5.91 Å². The summed E-state index contributed by atoms with van der Waals surface area (Å²) in [5.41, 5.74) is 5.56. The number of pyridine rings is 1. The molecule has 6 heteroatoms. The first kappa shape index (κ1) is 18.4. The van der Waals surface area contributed by atoms with E-state index in [1.165, 1.54) is 11.1 Å². The van der Waals surface area contributed by atoms with Crippen molar-refractivity contribution in [2.24, 2.45) is 7.05 Å². The molecule has 4 rings (SSSR count). The van der Waals surface area contributed by atoms with Crippen molar-refractivity contribution >= 4 is 5.91 Å². The summed E-state index contributed by atoms with van der Waals surface area (Å²) < 4.78 is 1.84. The van der Waals surface area contributed by atoms with Gasteiger partial charge < -0.3 is 10.2 Å². The lowest BCUT2D eigenvalue weighted by atomic mass is 10.1. The molecular weight excluding hydrogens is 350 g/mol. The van der Waals surface area contributed by atoms with E-state index in [-0.39, 0.29) is 5.91 Å². The molecule has 0 aliphatic carbocycles. The Bertz CT molecular complexity index is 933. The van der Waals surface area contributed by atoms with E-state index in [1.807, 2.05) is 41.2 Å². The normalized spacial score (nSPS) is 14.0. The van der Waals surface area contributed by atoms with E-state index in [2.05, 4.69) is 39.7 Å². The van der Waals surface area contributed by atoms with E-state index in [1.54, 1.807) is 6.20 Å². The Morgan fingerprint density at radius 3 is 2.64 bits per heavy atom. The number of likely N-dealkylation sites (tertiary alicyclic amines) is 1. The van der Waals surface area contributed by atoms with Crippen LogP contribution in [0, 0.1) is 0 Å². The van der Waals surface area contributed by atoms with Crippen molar-refractivity contribution in [2.45, 2.75) is 32.5 Å². The standard InChI is InChI=1S/C22H25N5O/c1-26-16-20(22(25-26)19-4-2-10-23-13-19)14-24-12-17-6-8-18(9-7-17)15-27-11-3-5-21(27)28/h2,4,6-10,13,16,24H,3,5,11-12,14-15H2,1H3. The Morgan fingerprint density at radius 1 is 1.11 bits per heavy atom. The van der Waals surface area contributed by atoms with Gasteiger partial charge in [0.1, 0.15) is 0 Å². The van der Waals surface area contributed by atoms with Crippen LogP contribution in [0.25, 0.3) is 11.3 Å². The summed E-state index contributed by atoms with van der Waals surface area (Å²) in [7, 11) is 1.94. The molecule has 0 atom stereocenters. The molecule has 0 radical (unpaired) electrons. The van der Waals surface area contributed by atoms with Crippen molar-refractivity contribution in [3.8, 4) is 11.3 Å². The predicted octanol–water partition coefficient (Wildman–Crippen LogP) is 2.89. The molecule has 3 aromatic rings. The molecule has 0 bridgehead atoms. The summed E-state index contributed by atoms with van der Waals surface area (Å²) >= 11 is 0. The molecule has 28 heavy (non-hydrogen) atoms. The first-order valence-electron chi connectivity index (χ1n) is 9.68. The summed E-state index contributed by atoms with van der Waals surface area (Å²) in [6.45, 7) is 3.12. The number of aryl methyl sites for hydroxylation is 1. The number of carbonyl (C=O) groups excluding carboxylic acids is 1. The zero-order chi connectivity index (χ0) is 19.3. The summed E-state index contributed by atoms with van der Waals surface area (Å²) in [5.74, 6) is 0.270. The van der Waals surface area contributed by atoms with E-state index in [0.717, 1.165) is 49.4 Å². The lowest BCUT2D eigenvalue weighted by Crippen LogP contribution is -2.23. The van der Waals surface area contributed by atoms with E-state index >= 15 is 0 Å². The van der Waals surface area contributed by atoms with Crippen LogP contribution in [0.5, 0.6) is 0 Å². The fourth-order valence-corrected chi connectivity index (χ4v) is 3.61. The topological polar surface area (TPSA) is 63.1 Å². The smallest absolute Gasteiger partial charge is 0.222 e. The highest BCUT2D eigenvalue weighted by atomic mass is 16.2. The number of hydrogen-bond donors (Lipinski definition) is 1. The lowest BCUT2D eigenvalue weighted by molar-refractivity contribution is -0.128. The maximum absolute atomic E-state index is 11.8. The van der Waals surface area contributed by atoms with Gasteiger partial charge in [-0.15, -0.1) is 0 Å². The van der Waals surface area contributed by atoms with Crippen molar-refractivity contribution < 1.29 is 4.79 Å². The molecule has 3 heterocycles. The molecular formula is C22H25N5O. The van der Waals surface area contributed by atoms with E-state index in [9.17, 15) is 4.79 Å². The van der Waals surface area contributed by atoms with E-state index in [0.29, 0.717) is 6.42 Å². The number of aromatic nitrogens is 3. The van der Waals surface area contributed by atoms with E-state index in [4.69, 9.17) is 0 Å². The number of carbonyl (C=O) groups is 1. The van der Waals surface area contributed by atoms with Crippen LogP contribution in [0.15, 0.2) is 55.0 Å². The minimum Gasteiger partial charge on any atom is -0.338 e. The SMILES string of the molecule is Cn1cc(CNCc2ccc(CN3CCCC3=O)cc2)c(-c2cccnc2)n1. The maximum Gasteiger partial charge on any atom is 0.222 e. The molecule has 1 aliphatic heterocycles. The van der Waals surface area contributed by atoms with Gasteiger partial charge in [0.25, 0.3) is 0 Å². The molecule has 0 saturated carbocycles. The highest BCUT2D eigenvalue weighted by molar-refractivity contribution is 5.78. The monoisotopic (exact) mass is 375 g/mol. The van der Waals surface area contributed by atoms with Crippen molar-refractivity contribution in [3.05, 3.63) is 71.7 Å².